The number of hydrogen-bond acceptors (Lipinski definition) is 3. The lowest BCUT2D eigenvalue weighted by Gasteiger charge is -2.27. The first-order chi connectivity index (χ1) is 10.4. The topological polar surface area (TPSA) is 48.5 Å². The number of unbranched alkanes of at least 4 members (excludes halogenated alkanes) is 1. The second kappa shape index (κ2) is 6.77. The smallest absolute Gasteiger partial charge is 0.222 e. The van der Waals surface area contributed by atoms with Crippen LogP contribution in [0.4, 0.5) is 0 Å². The minimum Gasteiger partial charge on any atom is -0.590 e. The SMILES string of the molecule is CCCCc1cc2ccccc2c[n+]1/N=C(\[O-])OC(C)(C)C. The number of ether oxygens (including phenoxy) is 1. The summed E-state index contributed by atoms with van der Waals surface area (Å²) in [6.07, 6.45) is 4.37. The van der Waals surface area contributed by atoms with Gasteiger partial charge in [-0.25, -0.2) is 0 Å². The maximum Gasteiger partial charge on any atom is 0.222 e. The van der Waals surface area contributed by atoms with Gasteiger partial charge in [-0.3, -0.25) is 0 Å². The van der Waals surface area contributed by atoms with E-state index in [0.717, 1.165) is 35.7 Å². The van der Waals surface area contributed by atoms with Gasteiger partial charge in [-0.1, -0.05) is 57.0 Å². The Kier molecular flexibility index (Phi) is 5.01. The van der Waals surface area contributed by atoms with Crippen LogP contribution in [0.3, 0.4) is 0 Å². The van der Waals surface area contributed by atoms with Crippen molar-refractivity contribution in [1.29, 1.82) is 0 Å². The van der Waals surface area contributed by atoms with Crippen molar-refractivity contribution in [2.75, 3.05) is 0 Å². The Morgan fingerprint density at radius 1 is 1.23 bits per heavy atom. The molecule has 1 heterocycles. The lowest BCUT2D eigenvalue weighted by Crippen LogP contribution is -2.40. The first-order valence-corrected chi connectivity index (χ1v) is 7.77. The second-order valence-electron chi connectivity index (χ2n) is 6.42. The number of benzene rings is 1. The zero-order chi connectivity index (χ0) is 16.2. The quantitative estimate of drug-likeness (QED) is 0.495. The first kappa shape index (κ1) is 16.3. The Balaban J connectivity index is 2.42. The molecule has 0 N–H and O–H groups in total. The van der Waals surface area contributed by atoms with E-state index in [-0.39, 0.29) is 0 Å². The van der Waals surface area contributed by atoms with Crippen LogP contribution < -0.4 is 9.78 Å². The van der Waals surface area contributed by atoms with Gasteiger partial charge in [0.15, 0.2) is 0 Å². The van der Waals surface area contributed by atoms with Gasteiger partial charge in [0.25, 0.3) is 0 Å². The maximum atomic E-state index is 12.0. The highest BCUT2D eigenvalue weighted by Crippen LogP contribution is 2.14. The minimum atomic E-state index is -0.564. The molecule has 4 nitrogen and oxygen atoms in total. The van der Waals surface area contributed by atoms with Crippen LogP contribution in [-0.2, 0) is 11.2 Å². The third kappa shape index (κ3) is 4.45. The van der Waals surface area contributed by atoms with Gasteiger partial charge in [-0.15, -0.1) is 0 Å². The van der Waals surface area contributed by atoms with Gasteiger partial charge in [-0.2, -0.15) is 0 Å². The molecule has 0 unspecified atom stereocenters. The lowest BCUT2D eigenvalue weighted by molar-refractivity contribution is -0.689. The predicted molar refractivity (Wildman–Crippen MR) is 86.4 cm³/mol. The number of rotatable bonds is 4. The molecule has 1 aromatic carbocycles. The van der Waals surface area contributed by atoms with Gasteiger partial charge in [0, 0.05) is 28.6 Å². The summed E-state index contributed by atoms with van der Waals surface area (Å²) >= 11 is 0. The molecule has 0 bridgehead atoms. The molecule has 1 aromatic heterocycles. The van der Waals surface area contributed by atoms with E-state index in [4.69, 9.17) is 4.74 Å². The molecule has 0 saturated heterocycles. The number of nitrogens with zero attached hydrogens (tertiary/aromatic N) is 2. The fourth-order valence-electron chi connectivity index (χ4n) is 2.23. The first-order valence-electron chi connectivity index (χ1n) is 7.77. The molecule has 0 aliphatic carbocycles. The summed E-state index contributed by atoms with van der Waals surface area (Å²) in [7, 11) is 0. The normalized spacial score (nSPS) is 12.6. The summed E-state index contributed by atoms with van der Waals surface area (Å²) in [5.41, 5.74) is 0.480. The highest BCUT2D eigenvalue weighted by molar-refractivity contribution is 5.81. The fourth-order valence-corrected chi connectivity index (χ4v) is 2.23. The predicted octanol–water partition coefficient (Wildman–Crippen LogP) is 2.76. The van der Waals surface area contributed by atoms with E-state index in [1.54, 1.807) is 4.68 Å². The Labute approximate surface area is 132 Å². The van der Waals surface area contributed by atoms with Crippen LogP contribution in [0.15, 0.2) is 41.6 Å². The fraction of sp³-hybridized carbons (Fsp3) is 0.444. The molecule has 0 amide bonds. The number of fused-ring (bicyclic) bond motifs is 1. The van der Waals surface area contributed by atoms with E-state index < -0.39 is 11.7 Å². The molecule has 118 valence electrons. The molecule has 2 rings (SSSR count). The van der Waals surface area contributed by atoms with E-state index in [2.05, 4.69) is 24.2 Å². The van der Waals surface area contributed by atoms with E-state index >= 15 is 0 Å². The highest BCUT2D eigenvalue weighted by Gasteiger charge is 2.14. The van der Waals surface area contributed by atoms with Crippen LogP contribution in [0, 0.1) is 0 Å². The van der Waals surface area contributed by atoms with Gasteiger partial charge in [-0.05, 0) is 17.9 Å². The molecular weight excluding hydrogens is 276 g/mol. The molecule has 0 spiro atoms. The number of pyridine rings is 1. The summed E-state index contributed by atoms with van der Waals surface area (Å²) in [5.74, 6) is 0. The monoisotopic (exact) mass is 300 g/mol. The summed E-state index contributed by atoms with van der Waals surface area (Å²) < 4.78 is 6.95. The van der Waals surface area contributed by atoms with Crippen LogP contribution in [0.25, 0.3) is 10.8 Å². The largest absolute Gasteiger partial charge is 0.590 e. The Morgan fingerprint density at radius 2 is 1.91 bits per heavy atom. The third-order valence-corrected chi connectivity index (χ3v) is 3.24. The molecule has 4 heteroatoms. The van der Waals surface area contributed by atoms with E-state index in [0.29, 0.717) is 0 Å². The molecule has 22 heavy (non-hydrogen) atoms. The number of aromatic nitrogens is 1. The summed E-state index contributed by atoms with van der Waals surface area (Å²) in [6.45, 7) is 7.66. The molecule has 0 aliphatic rings. The Hall–Kier alpha value is -2.10. The average Bonchev–Trinajstić information content (AvgIpc) is 2.43. The van der Waals surface area contributed by atoms with Gasteiger partial charge in [0.2, 0.25) is 18.0 Å². The standard InChI is InChI=1S/C18H24N2O2/c1-5-6-11-16-12-14-9-7-8-10-15(14)13-20(16)19-17(21)22-18(2,3)4/h7-10,12-13H,5-6,11H2,1-4H3. The van der Waals surface area contributed by atoms with Crippen LogP contribution in [-0.4, -0.2) is 11.7 Å². The Bertz CT molecular complexity index is 672. The van der Waals surface area contributed by atoms with Crippen molar-refractivity contribution < 1.29 is 14.5 Å². The van der Waals surface area contributed by atoms with Crippen molar-refractivity contribution in [2.24, 2.45) is 5.10 Å². The van der Waals surface area contributed by atoms with Crippen molar-refractivity contribution in [2.45, 2.75) is 52.6 Å². The Morgan fingerprint density at radius 3 is 2.55 bits per heavy atom. The molecule has 0 aliphatic heterocycles. The van der Waals surface area contributed by atoms with Gasteiger partial charge in [0.05, 0.1) is 0 Å². The van der Waals surface area contributed by atoms with Crippen molar-refractivity contribution >= 4 is 16.9 Å². The number of aryl methyl sites for hydroxylation is 1. The van der Waals surface area contributed by atoms with Crippen molar-refractivity contribution in [3.05, 3.63) is 42.2 Å². The summed E-state index contributed by atoms with van der Waals surface area (Å²) in [4.78, 5) is 0. The summed E-state index contributed by atoms with van der Waals surface area (Å²) in [5, 5.41) is 18.3. The highest BCUT2D eigenvalue weighted by atomic mass is 16.6. The number of hydrogen-bond donors (Lipinski definition) is 0. The second-order valence-corrected chi connectivity index (χ2v) is 6.42. The molecule has 0 radical (unpaired) electrons. The van der Waals surface area contributed by atoms with Crippen LogP contribution in [0.5, 0.6) is 0 Å². The molecule has 0 saturated carbocycles. The van der Waals surface area contributed by atoms with E-state index in [9.17, 15) is 5.11 Å². The van der Waals surface area contributed by atoms with Crippen molar-refractivity contribution in [1.82, 2.24) is 0 Å². The average molecular weight is 300 g/mol. The third-order valence-electron chi connectivity index (χ3n) is 3.24. The van der Waals surface area contributed by atoms with Gasteiger partial charge in [0.1, 0.15) is 0 Å². The van der Waals surface area contributed by atoms with Crippen molar-refractivity contribution in [3.8, 4) is 0 Å². The maximum absolute atomic E-state index is 12.0. The zero-order valence-corrected chi connectivity index (χ0v) is 13.8. The van der Waals surface area contributed by atoms with E-state index in [1.807, 2.05) is 45.2 Å². The van der Waals surface area contributed by atoms with Gasteiger partial charge < -0.3 is 9.84 Å². The van der Waals surface area contributed by atoms with Crippen LogP contribution in [0.2, 0.25) is 0 Å². The van der Waals surface area contributed by atoms with Crippen molar-refractivity contribution in [3.63, 3.8) is 0 Å². The zero-order valence-electron chi connectivity index (χ0n) is 13.8. The molecule has 0 atom stereocenters. The van der Waals surface area contributed by atoms with E-state index in [1.165, 1.54) is 0 Å². The lowest BCUT2D eigenvalue weighted by atomic mass is 10.1. The van der Waals surface area contributed by atoms with Crippen LogP contribution in [0.1, 0.15) is 46.2 Å². The summed E-state index contributed by atoms with van der Waals surface area (Å²) in [6, 6.07) is 10.2. The minimum absolute atomic E-state index is 0.540. The van der Waals surface area contributed by atoms with Crippen LogP contribution >= 0.6 is 0 Å². The molecular formula is C18H24N2O2. The molecule has 2 aromatic rings. The van der Waals surface area contributed by atoms with Gasteiger partial charge >= 0.3 is 0 Å². The molecule has 0 fully saturated rings.